The van der Waals surface area contributed by atoms with Crippen molar-refractivity contribution in [3.05, 3.63) is 59.7 Å². The van der Waals surface area contributed by atoms with Crippen molar-refractivity contribution in [3.8, 4) is 23.5 Å². The van der Waals surface area contributed by atoms with Crippen molar-refractivity contribution in [1.82, 2.24) is 10.2 Å². The van der Waals surface area contributed by atoms with Crippen LogP contribution >= 0.6 is 0 Å². The van der Waals surface area contributed by atoms with E-state index in [2.05, 4.69) is 23.4 Å². The van der Waals surface area contributed by atoms with E-state index in [0.29, 0.717) is 13.0 Å². The van der Waals surface area contributed by atoms with Gasteiger partial charge in [0.15, 0.2) is 0 Å². The minimum atomic E-state index is -0.960. The van der Waals surface area contributed by atoms with Gasteiger partial charge in [0.1, 0.15) is 12.6 Å². The quantitative estimate of drug-likeness (QED) is 0.636. The largest absolute Gasteiger partial charge is 0.481 e. The van der Waals surface area contributed by atoms with Gasteiger partial charge in [-0.15, -0.1) is 12.3 Å². The van der Waals surface area contributed by atoms with Gasteiger partial charge in [-0.2, -0.15) is 0 Å². The molecule has 4 rings (SSSR count). The summed E-state index contributed by atoms with van der Waals surface area (Å²) in [6.45, 7) is 0.576. The van der Waals surface area contributed by atoms with E-state index in [1.807, 2.05) is 36.4 Å². The van der Waals surface area contributed by atoms with E-state index in [1.54, 1.807) is 0 Å². The van der Waals surface area contributed by atoms with Crippen LogP contribution in [0.15, 0.2) is 48.5 Å². The van der Waals surface area contributed by atoms with E-state index in [1.165, 1.54) is 4.90 Å². The Hall–Kier alpha value is -3.79. The van der Waals surface area contributed by atoms with Gasteiger partial charge in [0.25, 0.3) is 0 Å². The molecule has 170 valence electrons. The van der Waals surface area contributed by atoms with Crippen LogP contribution in [0.25, 0.3) is 11.1 Å². The fourth-order valence-electron chi connectivity index (χ4n) is 4.84. The molecule has 2 aromatic rings. The zero-order valence-electron chi connectivity index (χ0n) is 18.2. The molecule has 2 aromatic carbocycles. The first kappa shape index (κ1) is 22.4. The number of ether oxygens (including phenoxy) is 1. The number of carboxylic acids is 1. The second kappa shape index (κ2) is 9.78. The molecule has 0 saturated carbocycles. The van der Waals surface area contributed by atoms with Gasteiger partial charge in [-0.1, -0.05) is 48.5 Å². The highest BCUT2D eigenvalue weighted by Crippen LogP contribution is 2.44. The average Bonchev–Trinajstić information content (AvgIpc) is 3.39. The Morgan fingerprint density at radius 1 is 1.12 bits per heavy atom. The Kier molecular flexibility index (Phi) is 6.64. The lowest BCUT2D eigenvalue weighted by Crippen LogP contribution is -2.50. The Labute approximate surface area is 192 Å². The number of terminal acetylenes is 1. The van der Waals surface area contributed by atoms with E-state index >= 15 is 0 Å². The summed E-state index contributed by atoms with van der Waals surface area (Å²) in [6.07, 6.45) is 5.92. The molecule has 1 fully saturated rings. The third kappa shape index (κ3) is 4.70. The van der Waals surface area contributed by atoms with Crippen molar-refractivity contribution in [2.24, 2.45) is 0 Å². The smallest absolute Gasteiger partial charge is 0.407 e. The topological polar surface area (TPSA) is 95.9 Å². The number of hydrogen-bond donors (Lipinski definition) is 2. The molecular weight excluding hydrogens is 420 g/mol. The molecule has 1 unspecified atom stereocenters. The van der Waals surface area contributed by atoms with Crippen LogP contribution in [-0.4, -0.2) is 53.2 Å². The molecule has 2 N–H and O–H groups in total. The number of rotatable bonds is 7. The first-order valence-corrected chi connectivity index (χ1v) is 11.1. The lowest BCUT2D eigenvalue weighted by Gasteiger charge is -2.28. The Morgan fingerprint density at radius 3 is 2.36 bits per heavy atom. The van der Waals surface area contributed by atoms with E-state index in [4.69, 9.17) is 16.3 Å². The molecule has 1 aliphatic heterocycles. The maximum atomic E-state index is 13.0. The molecule has 2 amide bonds. The summed E-state index contributed by atoms with van der Waals surface area (Å²) >= 11 is 0. The van der Waals surface area contributed by atoms with Crippen LogP contribution < -0.4 is 5.32 Å². The van der Waals surface area contributed by atoms with Crippen molar-refractivity contribution >= 4 is 18.0 Å². The number of amides is 2. The van der Waals surface area contributed by atoms with E-state index in [9.17, 15) is 14.4 Å². The molecule has 2 aliphatic rings. The molecule has 0 aromatic heterocycles. The molecule has 1 saturated heterocycles. The Bertz CT molecular complexity index is 1060. The van der Waals surface area contributed by atoms with E-state index in [0.717, 1.165) is 28.7 Å². The maximum Gasteiger partial charge on any atom is 0.407 e. The summed E-state index contributed by atoms with van der Waals surface area (Å²) in [5.41, 5.74) is 4.44. The number of alkyl carbamates (subject to hydrolysis) is 1. The lowest BCUT2D eigenvalue weighted by atomic mass is 9.98. The van der Waals surface area contributed by atoms with E-state index < -0.39 is 18.1 Å². The van der Waals surface area contributed by atoms with Gasteiger partial charge in [0, 0.05) is 24.9 Å². The molecule has 0 bridgehead atoms. The van der Waals surface area contributed by atoms with Crippen LogP contribution in [0.4, 0.5) is 4.79 Å². The number of carboxylic acid groups (broad SMARTS) is 1. The Balaban J connectivity index is 1.42. The second-order valence-electron chi connectivity index (χ2n) is 8.36. The number of carbonyl (C=O) groups excluding carboxylic acids is 2. The molecule has 1 aliphatic carbocycles. The highest BCUT2D eigenvalue weighted by Gasteiger charge is 2.35. The molecule has 2 atom stereocenters. The molecule has 0 radical (unpaired) electrons. The first-order chi connectivity index (χ1) is 16.0. The molecule has 1 heterocycles. The van der Waals surface area contributed by atoms with Crippen molar-refractivity contribution in [2.75, 3.05) is 13.2 Å². The van der Waals surface area contributed by atoms with Gasteiger partial charge < -0.3 is 20.1 Å². The van der Waals surface area contributed by atoms with Gasteiger partial charge in [0.05, 0.1) is 6.42 Å². The summed E-state index contributed by atoms with van der Waals surface area (Å²) in [7, 11) is 0. The predicted molar refractivity (Wildman–Crippen MR) is 122 cm³/mol. The number of fused-ring (bicyclic) bond motifs is 3. The van der Waals surface area contributed by atoms with Crippen LogP contribution in [0.2, 0.25) is 0 Å². The predicted octanol–water partition coefficient (Wildman–Crippen LogP) is 3.38. The fraction of sp³-hybridized carbons (Fsp3) is 0.346. The number of hydrogen-bond acceptors (Lipinski definition) is 4. The number of aliphatic carboxylic acids is 1. The van der Waals surface area contributed by atoms with Crippen LogP contribution in [0.1, 0.15) is 42.7 Å². The van der Waals surface area contributed by atoms with Gasteiger partial charge >= 0.3 is 12.1 Å². The molecule has 7 heteroatoms. The zero-order valence-corrected chi connectivity index (χ0v) is 18.2. The van der Waals surface area contributed by atoms with Crippen LogP contribution in [0.3, 0.4) is 0 Å². The van der Waals surface area contributed by atoms with Crippen molar-refractivity contribution in [1.29, 1.82) is 0 Å². The molecule has 0 spiro atoms. The lowest BCUT2D eigenvalue weighted by molar-refractivity contribution is -0.140. The zero-order chi connectivity index (χ0) is 23.4. The summed E-state index contributed by atoms with van der Waals surface area (Å²) < 4.78 is 5.54. The normalized spacial score (nSPS) is 17.5. The SMILES string of the molecule is C#CCC(NC(=O)OCC1c2ccccc2-c2ccccc21)C(=O)N1CCC[C@H]1CC(=O)O. The number of nitrogens with one attached hydrogen (secondary N) is 1. The number of likely N-dealkylation sites (tertiary alicyclic amines) is 1. The average molecular weight is 447 g/mol. The molecule has 7 nitrogen and oxygen atoms in total. The van der Waals surface area contributed by atoms with Gasteiger partial charge in [-0.25, -0.2) is 4.79 Å². The summed E-state index contributed by atoms with van der Waals surface area (Å²) in [4.78, 5) is 38.3. The second-order valence-corrected chi connectivity index (χ2v) is 8.36. The monoisotopic (exact) mass is 446 g/mol. The van der Waals surface area contributed by atoms with Gasteiger partial charge in [-0.05, 0) is 35.1 Å². The minimum absolute atomic E-state index is 0.000674. The third-order valence-electron chi connectivity index (χ3n) is 6.33. The highest BCUT2D eigenvalue weighted by molar-refractivity contribution is 5.87. The van der Waals surface area contributed by atoms with Gasteiger partial charge in [-0.3, -0.25) is 9.59 Å². The number of nitrogens with zero attached hydrogens (tertiary/aromatic N) is 1. The number of carbonyl (C=O) groups is 3. The van der Waals surface area contributed by atoms with Crippen molar-refractivity contribution in [3.63, 3.8) is 0 Å². The maximum absolute atomic E-state index is 13.0. The fourth-order valence-corrected chi connectivity index (χ4v) is 4.84. The summed E-state index contributed by atoms with van der Waals surface area (Å²) in [5.74, 6) is 0.998. The summed E-state index contributed by atoms with van der Waals surface area (Å²) in [6, 6.07) is 14.7. The molecular formula is C26H26N2O5. The van der Waals surface area contributed by atoms with Crippen LogP contribution in [0.5, 0.6) is 0 Å². The summed E-state index contributed by atoms with van der Waals surface area (Å²) in [5, 5.41) is 11.7. The van der Waals surface area contributed by atoms with Crippen LogP contribution in [-0.2, 0) is 14.3 Å². The standard InChI is InChI=1S/C26H26N2O5/c1-2-8-23(25(31)28-14-7-9-17(28)15-24(29)30)27-26(32)33-16-22-20-12-5-3-10-18(20)19-11-4-6-13-21(19)22/h1,3-6,10-13,17,22-23H,7-9,14-16H2,(H,27,32)(H,29,30)/t17-,23?/m0/s1. The number of benzene rings is 2. The minimum Gasteiger partial charge on any atom is -0.481 e. The molecule has 33 heavy (non-hydrogen) atoms. The van der Waals surface area contributed by atoms with Gasteiger partial charge in [0.2, 0.25) is 5.91 Å². The van der Waals surface area contributed by atoms with E-state index in [-0.39, 0.29) is 37.3 Å². The van der Waals surface area contributed by atoms with Crippen molar-refractivity contribution < 1.29 is 24.2 Å². The van der Waals surface area contributed by atoms with Crippen molar-refractivity contribution in [2.45, 2.75) is 43.7 Å². The highest BCUT2D eigenvalue weighted by atomic mass is 16.5. The Morgan fingerprint density at radius 2 is 1.76 bits per heavy atom. The van der Waals surface area contributed by atoms with Crippen LogP contribution in [0, 0.1) is 12.3 Å². The third-order valence-corrected chi connectivity index (χ3v) is 6.33. The first-order valence-electron chi connectivity index (χ1n) is 11.1.